The molecular weight excluding hydrogens is 324 g/mol. The Hall–Kier alpha value is -1.41. The first-order valence-corrected chi connectivity index (χ1v) is 8.32. The van der Waals surface area contributed by atoms with Crippen molar-refractivity contribution in [2.45, 2.75) is 38.5 Å². The molecule has 0 spiro atoms. The molecule has 0 N–H and O–H groups in total. The third-order valence-corrected chi connectivity index (χ3v) is 5.35. The van der Waals surface area contributed by atoms with Crippen molar-refractivity contribution in [3.05, 3.63) is 69.2 Å². The van der Waals surface area contributed by atoms with Crippen LogP contribution in [0.1, 0.15) is 52.2 Å². The van der Waals surface area contributed by atoms with Crippen LogP contribution < -0.4 is 0 Å². The van der Waals surface area contributed by atoms with Crippen LogP contribution >= 0.6 is 15.9 Å². The van der Waals surface area contributed by atoms with Gasteiger partial charge < -0.3 is 0 Å². The van der Waals surface area contributed by atoms with Crippen molar-refractivity contribution in [2.75, 3.05) is 0 Å². The SMILES string of the molecule is Cc1c(Br)cccc1C(=O)CC1CCCc2ccccc21. The van der Waals surface area contributed by atoms with E-state index < -0.39 is 0 Å². The van der Waals surface area contributed by atoms with Crippen LogP contribution in [-0.2, 0) is 6.42 Å². The third kappa shape index (κ3) is 2.96. The Morgan fingerprint density at radius 1 is 1.19 bits per heavy atom. The summed E-state index contributed by atoms with van der Waals surface area (Å²) in [5.74, 6) is 0.635. The number of Topliss-reactive ketones (excluding diaryl/α,β-unsaturated/α-hetero) is 1. The molecule has 2 heteroatoms. The smallest absolute Gasteiger partial charge is 0.163 e. The lowest BCUT2D eigenvalue weighted by Crippen LogP contribution is -2.14. The number of hydrogen-bond acceptors (Lipinski definition) is 1. The standard InChI is InChI=1S/C19H19BrO/c1-13-16(10-5-11-18(13)20)19(21)12-15-8-4-7-14-6-2-3-9-17(14)15/h2-3,5-6,9-11,15H,4,7-8,12H2,1H3. The van der Waals surface area contributed by atoms with Crippen molar-refractivity contribution in [2.24, 2.45) is 0 Å². The molecule has 0 radical (unpaired) electrons. The summed E-state index contributed by atoms with van der Waals surface area (Å²) >= 11 is 3.51. The second-order valence-corrected chi connectivity index (χ2v) is 6.68. The van der Waals surface area contributed by atoms with Crippen LogP contribution in [0.4, 0.5) is 0 Å². The molecule has 21 heavy (non-hydrogen) atoms. The summed E-state index contributed by atoms with van der Waals surface area (Å²) in [6.45, 7) is 2.01. The second-order valence-electron chi connectivity index (χ2n) is 5.83. The number of carbonyl (C=O) groups excluding carboxylic acids is 1. The van der Waals surface area contributed by atoms with Gasteiger partial charge in [0.1, 0.15) is 0 Å². The van der Waals surface area contributed by atoms with E-state index >= 15 is 0 Å². The second kappa shape index (κ2) is 6.15. The van der Waals surface area contributed by atoms with Crippen LogP contribution in [0, 0.1) is 6.92 Å². The van der Waals surface area contributed by atoms with Crippen LogP contribution in [0.5, 0.6) is 0 Å². The fraction of sp³-hybridized carbons (Fsp3) is 0.316. The van der Waals surface area contributed by atoms with Crippen LogP contribution in [0.3, 0.4) is 0 Å². The summed E-state index contributed by atoms with van der Waals surface area (Å²) in [6.07, 6.45) is 4.08. The van der Waals surface area contributed by atoms with Gasteiger partial charge in [-0.15, -0.1) is 0 Å². The average molecular weight is 343 g/mol. The summed E-state index contributed by atoms with van der Waals surface area (Å²) in [5, 5.41) is 0. The molecule has 0 aromatic heterocycles. The van der Waals surface area contributed by atoms with E-state index in [0.717, 1.165) is 28.4 Å². The van der Waals surface area contributed by atoms with Crippen LogP contribution in [0.2, 0.25) is 0 Å². The molecule has 0 aliphatic heterocycles. The first kappa shape index (κ1) is 14.5. The van der Waals surface area contributed by atoms with Crippen molar-refractivity contribution in [1.29, 1.82) is 0 Å². The normalized spacial score (nSPS) is 17.3. The summed E-state index contributed by atoms with van der Waals surface area (Å²) in [7, 11) is 0. The maximum absolute atomic E-state index is 12.7. The Morgan fingerprint density at radius 3 is 2.86 bits per heavy atom. The van der Waals surface area contributed by atoms with E-state index in [1.54, 1.807) is 0 Å². The van der Waals surface area contributed by atoms with Crippen molar-refractivity contribution in [3.8, 4) is 0 Å². The Kier molecular flexibility index (Phi) is 4.25. The molecule has 3 rings (SSSR count). The quantitative estimate of drug-likeness (QED) is 0.677. The molecule has 0 fully saturated rings. The molecule has 108 valence electrons. The third-order valence-electron chi connectivity index (χ3n) is 4.49. The van der Waals surface area contributed by atoms with E-state index in [2.05, 4.69) is 40.2 Å². The molecule has 1 aliphatic rings. The Bertz CT molecular complexity index is 675. The number of aryl methyl sites for hydroxylation is 1. The number of fused-ring (bicyclic) bond motifs is 1. The number of benzene rings is 2. The predicted octanol–water partition coefficient (Wildman–Crippen LogP) is 5.45. The molecule has 1 unspecified atom stereocenters. The van der Waals surface area contributed by atoms with Crippen LogP contribution in [0.25, 0.3) is 0 Å². The van der Waals surface area contributed by atoms with E-state index in [-0.39, 0.29) is 5.78 Å². The highest BCUT2D eigenvalue weighted by molar-refractivity contribution is 9.10. The minimum atomic E-state index is 0.260. The van der Waals surface area contributed by atoms with Gasteiger partial charge >= 0.3 is 0 Å². The zero-order chi connectivity index (χ0) is 14.8. The Morgan fingerprint density at radius 2 is 2.00 bits per heavy atom. The maximum atomic E-state index is 12.7. The van der Waals surface area contributed by atoms with E-state index in [1.807, 2.05) is 25.1 Å². The molecule has 2 aromatic carbocycles. The van der Waals surface area contributed by atoms with Crippen LogP contribution in [-0.4, -0.2) is 5.78 Å². The van der Waals surface area contributed by atoms with Gasteiger partial charge in [0.05, 0.1) is 0 Å². The summed E-state index contributed by atoms with van der Waals surface area (Å²) < 4.78 is 1.01. The maximum Gasteiger partial charge on any atom is 0.163 e. The predicted molar refractivity (Wildman–Crippen MR) is 89.9 cm³/mol. The van der Waals surface area contributed by atoms with Gasteiger partial charge in [0, 0.05) is 16.5 Å². The van der Waals surface area contributed by atoms with Gasteiger partial charge in [0.25, 0.3) is 0 Å². The molecule has 1 nitrogen and oxygen atoms in total. The number of halogens is 1. The molecule has 0 saturated carbocycles. The number of carbonyl (C=O) groups is 1. The minimum Gasteiger partial charge on any atom is -0.294 e. The highest BCUT2D eigenvalue weighted by Crippen LogP contribution is 2.35. The van der Waals surface area contributed by atoms with Crippen LogP contribution in [0.15, 0.2) is 46.9 Å². The first-order valence-electron chi connectivity index (χ1n) is 7.53. The van der Waals surface area contributed by atoms with Gasteiger partial charge in [0.2, 0.25) is 0 Å². The van der Waals surface area contributed by atoms with Gasteiger partial charge in [-0.2, -0.15) is 0 Å². The molecule has 0 heterocycles. The monoisotopic (exact) mass is 342 g/mol. The molecule has 1 atom stereocenters. The minimum absolute atomic E-state index is 0.260. The highest BCUT2D eigenvalue weighted by Gasteiger charge is 2.23. The first-order chi connectivity index (χ1) is 10.2. The molecule has 0 saturated heterocycles. The summed E-state index contributed by atoms with van der Waals surface area (Å²) in [4.78, 5) is 12.7. The lowest BCUT2D eigenvalue weighted by atomic mass is 9.79. The van der Waals surface area contributed by atoms with Gasteiger partial charge in [-0.1, -0.05) is 52.3 Å². The Labute approximate surface area is 134 Å². The largest absolute Gasteiger partial charge is 0.294 e. The van der Waals surface area contributed by atoms with Crippen molar-refractivity contribution in [3.63, 3.8) is 0 Å². The zero-order valence-electron chi connectivity index (χ0n) is 12.2. The molecule has 1 aliphatic carbocycles. The van der Waals surface area contributed by atoms with E-state index in [4.69, 9.17) is 0 Å². The summed E-state index contributed by atoms with van der Waals surface area (Å²) in [5.41, 5.74) is 4.70. The number of hydrogen-bond donors (Lipinski definition) is 0. The lowest BCUT2D eigenvalue weighted by molar-refractivity contribution is 0.0970. The van der Waals surface area contributed by atoms with Gasteiger partial charge in [0.15, 0.2) is 5.78 Å². The lowest BCUT2D eigenvalue weighted by Gasteiger charge is -2.25. The molecule has 0 amide bonds. The van der Waals surface area contributed by atoms with Crippen molar-refractivity contribution < 1.29 is 4.79 Å². The molecule has 0 bridgehead atoms. The van der Waals surface area contributed by atoms with E-state index in [1.165, 1.54) is 17.5 Å². The summed E-state index contributed by atoms with van der Waals surface area (Å²) in [6, 6.07) is 14.5. The molecule has 2 aromatic rings. The van der Waals surface area contributed by atoms with Gasteiger partial charge in [-0.25, -0.2) is 0 Å². The van der Waals surface area contributed by atoms with E-state index in [0.29, 0.717) is 12.3 Å². The van der Waals surface area contributed by atoms with Crippen molar-refractivity contribution in [1.82, 2.24) is 0 Å². The number of ketones is 1. The number of rotatable bonds is 3. The Balaban J connectivity index is 1.85. The zero-order valence-corrected chi connectivity index (χ0v) is 13.8. The highest BCUT2D eigenvalue weighted by atomic mass is 79.9. The van der Waals surface area contributed by atoms with E-state index in [9.17, 15) is 4.79 Å². The average Bonchev–Trinajstić information content (AvgIpc) is 2.50. The topological polar surface area (TPSA) is 17.1 Å². The fourth-order valence-electron chi connectivity index (χ4n) is 3.31. The molecular formula is C19H19BrO. The van der Waals surface area contributed by atoms with Crippen molar-refractivity contribution >= 4 is 21.7 Å². The fourth-order valence-corrected chi connectivity index (χ4v) is 3.68. The van der Waals surface area contributed by atoms with Gasteiger partial charge in [-0.05, 0) is 54.9 Å². The van der Waals surface area contributed by atoms with Gasteiger partial charge in [-0.3, -0.25) is 4.79 Å².